The van der Waals surface area contributed by atoms with Gasteiger partial charge in [-0.3, -0.25) is 0 Å². The Morgan fingerprint density at radius 2 is 1.64 bits per heavy atom. The van der Waals surface area contributed by atoms with Gasteiger partial charge in [0.1, 0.15) is 11.5 Å². The molecular weight excluding hydrogens is 182 g/mol. The Bertz CT molecular complexity index is 325. The Balaban J connectivity index is 3.17. The van der Waals surface area contributed by atoms with E-state index in [0.717, 1.165) is 5.56 Å². The first kappa shape index (κ1) is 10.4. The van der Waals surface area contributed by atoms with Crippen LogP contribution in [0.15, 0.2) is 23.4 Å². The van der Waals surface area contributed by atoms with Crippen LogP contribution in [0.25, 0.3) is 0 Å². The van der Waals surface area contributed by atoms with Crippen LogP contribution < -0.4 is 9.47 Å². The van der Waals surface area contributed by atoms with Crippen LogP contribution in [-0.2, 0) is 0 Å². The Hall–Kier alpha value is -1.71. The van der Waals surface area contributed by atoms with Crippen molar-refractivity contribution in [2.24, 2.45) is 5.16 Å². The molecule has 0 saturated carbocycles. The molecule has 1 rings (SSSR count). The summed E-state index contributed by atoms with van der Waals surface area (Å²) in [5, 5.41) is 11.7. The van der Waals surface area contributed by atoms with Gasteiger partial charge in [0.15, 0.2) is 0 Å². The minimum absolute atomic E-state index is 0.516. The summed E-state index contributed by atoms with van der Waals surface area (Å²) in [6, 6.07) is 5.31. The highest BCUT2D eigenvalue weighted by Crippen LogP contribution is 2.22. The molecule has 0 aliphatic rings. The van der Waals surface area contributed by atoms with Crippen molar-refractivity contribution in [2.45, 2.75) is 6.92 Å². The van der Waals surface area contributed by atoms with Gasteiger partial charge in [-0.05, 0) is 19.1 Å². The van der Waals surface area contributed by atoms with Crippen molar-refractivity contribution in [3.05, 3.63) is 23.8 Å². The van der Waals surface area contributed by atoms with Gasteiger partial charge in [-0.25, -0.2) is 0 Å². The highest BCUT2D eigenvalue weighted by molar-refractivity contribution is 5.98. The quantitative estimate of drug-likeness (QED) is 0.455. The molecule has 4 heteroatoms. The highest BCUT2D eigenvalue weighted by atomic mass is 16.5. The summed E-state index contributed by atoms with van der Waals surface area (Å²) in [7, 11) is 3.15. The maximum Gasteiger partial charge on any atom is 0.123 e. The second-order valence-electron chi connectivity index (χ2n) is 2.79. The molecule has 0 bridgehead atoms. The van der Waals surface area contributed by atoms with Crippen molar-refractivity contribution in [1.82, 2.24) is 0 Å². The molecule has 0 aliphatic heterocycles. The Morgan fingerprint density at radius 1 is 1.14 bits per heavy atom. The van der Waals surface area contributed by atoms with Crippen molar-refractivity contribution < 1.29 is 14.7 Å². The SMILES string of the molecule is COc1cc(OC)cc(/C(C)=N\O)c1. The van der Waals surface area contributed by atoms with Crippen LogP contribution in [0.1, 0.15) is 12.5 Å². The first-order chi connectivity index (χ1) is 6.71. The lowest BCUT2D eigenvalue weighted by atomic mass is 10.1. The molecule has 0 spiro atoms. The summed E-state index contributed by atoms with van der Waals surface area (Å²) < 4.78 is 10.2. The summed E-state index contributed by atoms with van der Waals surface area (Å²) in [6.45, 7) is 1.70. The van der Waals surface area contributed by atoms with Crippen molar-refractivity contribution in [3.63, 3.8) is 0 Å². The van der Waals surface area contributed by atoms with E-state index in [1.165, 1.54) is 0 Å². The maximum atomic E-state index is 8.62. The zero-order chi connectivity index (χ0) is 10.6. The topological polar surface area (TPSA) is 51.0 Å². The maximum absolute atomic E-state index is 8.62. The molecule has 1 aromatic carbocycles. The number of methoxy groups -OCH3 is 2. The highest BCUT2D eigenvalue weighted by Gasteiger charge is 2.04. The molecule has 1 aromatic rings. The van der Waals surface area contributed by atoms with E-state index in [2.05, 4.69) is 5.16 Å². The average molecular weight is 195 g/mol. The van der Waals surface area contributed by atoms with Crippen LogP contribution in [0.4, 0.5) is 0 Å². The van der Waals surface area contributed by atoms with Crippen molar-refractivity contribution in [2.75, 3.05) is 14.2 Å². The molecule has 1 N–H and O–H groups in total. The Labute approximate surface area is 82.8 Å². The first-order valence-electron chi connectivity index (χ1n) is 4.13. The summed E-state index contributed by atoms with van der Waals surface area (Å²) in [4.78, 5) is 0. The number of ether oxygens (including phenoxy) is 2. The Kier molecular flexibility index (Phi) is 3.34. The van der Waals surface area contributed by atoms with E-state index in [0.29, 0.717) is 17.2 Å². The van der Waals surface area contributed by atoms with Crippen LogP contribution in [0.2, 0.25) is 0 Å². The van der Waals surface area contributed by atoms with Crippen molar-refractivity contribution in [3.8, 4) is 11.5 Å². The summed E-state index contributed by atoms with van der Waals surface area (Å²) in [5.74, 6) is 1.34. The third-order valence-electron chi connectivity index (χ3n) is 1.92. The average Bonchev–Trinajstić information content (AvgIpc) is 2.27. The second kappa shape index (κ2) is 4.50. The van der Waals surface area contributed by atoms with Gasteiger partial charge in [-0.15, -0.1) is 0 Å². The number of oxime groups is 1. The van der Waals surface area contributed by atoms with E-state index in [-0.39, 0.29) is 0 Å². The molecule has 4 nitrogen and oxygen atoms in total. The molecule has 0 radical (unpaired) electrons. The van der Waals surface area contributed by atoms with E-state index < -0.39 is 0 Å². The van der Waals surface area contributed by atoms with Crippen molar-refractivity contribution >= 4 is 5.71 Å². The van der Waals surface area contributed by atoms with Gasteiger partial charge in [0.25, 0.3) is 0 Å². The van der Waals surface area contributed by atoms with Crippen LogP contribution in [0, 0.1) is 0 Å². The molecule has 0 saturated heterocycles. The lowest BCUT2D eigenvalue weighted by molar-refractivity contribution is 0.319. The van der Waals surface area contributed by atoms with Gasteiger partial charge >= 0.3 is 0 Å². The monoisotopic (exact) mass is 195 g/mol. The van der Waals surface area contributed by atoms with Crippen LogP contribution >= 0.6 is 0 Å². The molecular formula is C10H13NO3. The molecule has 0 amide bonds. The third kappa shape index (κ3) is 2.16. The predicted molar refractivity (Wildman–Crippen MR) is 53.5 cm³/mol. The number of benzene rings is 1. The van der Waals surface area contributed by atoms with Gasteiger partial charge in [0.2, 0.25) is 0 Å². The minimum atomic E-state index is 0.516. The standard InChI is InChI=1S/C10H13NO3/c1-7(11-12)8-4-9(13-2)6-10(5-8)14-3/h4-6,12H,1-3H3/b11-7-. The predicted octanol–water partition coefficient (Wildman–Crippen LogP) is 1.90. The summed E-state index contributed by atoms with van der Waals surface area (Å²) in [5.41, 5.74) is 1.28. The van der Waals surface area contributed by atoms with E-state index >= 15 is 0 Å². The number of hydrogen-bond donors (Lipinski definition) is 1. The molecule has 0 aliphatic carbocycles. The van der Waals surface area contributed by atoms with Gasteiger partial charge in [-0.1, -0.05) is 5.16 Å². The lowest BCUT2D eigenvalue weighted by Gasteiger charge is -2.07. The largest absolute Gasteiger partial charge is 0.497 e. The lowest BCUT2D eigenvalue weighted by Crippen LogP contribution is -1.97. The fourth-order valence-electron chi connectivity index (χ4n) is 1.07. The van der Waals surface area contributed by atoms with E-state index in [1.807, 2.05) is 0 Å². The smallest absolute Gasteiger partial charge is 0.123 e. The molecule has 0 aromatic heterocycles. The fourth-order valence-corrected chi connectivity index (χ4v) is 1.07. The van der Waals surface area contributed by atoms with Gasteiger partial charge in [-0.2, -0.15) is 0 Å². The van der Waals surface area contributed by atoms with E-state index in [1.54, 1.807) is 39.3 Å². The number of hydrogen-bond acceptors (Lipinski definition) is 4. The van der Waals surface area contributed by atoms with E-state index in [4.69, 9.17) is 14.7 Å². The fraction of sp³-hybridized carbons (Fsp3) is 0.300. The van der Waals surface area contributed by atoms with E-state index in [9.17, 15) is 0 Å². The normalized spacial score (nSPS) is 11.2. The number of rotatable bonds is 3. The molecule has 0 fully saturated rings. The van der Waals surface area contributed by atoms with Gasteiger partial charge < -0.3 is 14.7 Å². The van der Waals surface area contributed by atoms with Crippen molar-refractivity contribution in [1.29, 1.82) is 0 Å². The van der Waals surface area contributed by atoms with Gasteiger partial charge in [0.05, 0.1) is 19.9 Å². The minimum Gasteiger partial charge on any atom is -0.497 e. The van der Waals surface area contributed by atoms with Gasteiger partial charge in [0, 0.05) is 11.6 Å². The van der Waals surface area contributed by atoms with Crippen LogP contribution in [0.5, 0.6) is 11.5 Å². The Morgan fingerprint density at radius 3 is 2.00 bits per heavy atom. The molecule has 14 heavy (non-hydrogen) atoms. The zero-order valence-corrected chi connectivity index (χ0v) is 8.44. The zero-order valence-electron chi connectivity index (χ0n) is 8.44. The third-order valence-corrected chi connectivity index (χ3v) is 1.92. The molecule has 0 heterocycles. The first-order valence-corrected chi connectivity index (χ1v) is 4.13. The van der Waals surface area contributed by atoms with Crippen LogP contribution in [-0.4, -0.2) is 25.1 Å². The molecule has 0 atom stereocenters. The molecule has 0 unspecified atom stereocenters. The molecule has 76 valence electrons. The summed E-state index contributed by atoms with van der Waals surface area (Å²) >= 11 is 0. The van der Waals surface area contributed by atoms with Crippen LogP contribution in [0.3, 0.4) is 0 Å². The number of nitrogens with zero attached hydrogens (tertiary/aromatic N) is 1. The summed E-state index contributed by atoms with van der Waals surface area (Å²) in [6.07, 6.45) is 0. The second-order valence-corrected chi connectivity index (χ2v) is 2.79.